The van der Waals surface area contributed by atoms with E-state index in [1.54, 1.807) is 12.1 Å². The highest BCUT2D eigenvalue weighted by molar-refractivity contribution is 5.37. The van der Waals surface area contributed by atoms with E-state index in [0.29, 0.717) is 19.0 Å². The molecule has 1 aromatic carbocycles. The molecule has 1 aliphatic heterocycles. The van der Waals surface area contributed by atoms with Gasteiger partial charge in [-0.3, -0.25) is 10.1 Å². The predicted molar refractivity (Wildman–Crippen MR) is 63.5 cm³/mol. The molecule has 1 aromatic rings. The van der Waals surface area contributed by atoms with Crippen molar-refractivity contribution in [3.8, 4) is 5.75 Å². The van der Waals surface area contributed by atoms with Crippen LogP contribution in [0.3, 0.4) is 0 Å². The molecule has 18 heavy (non-hydrogen) atoms. The van der Waals surface area contributed by atoms with E-state index in [1.807, 2.05) is 13.8 Å². The number of hydrogen-bond acceptors (Lipinski definition) is 5. The third-order valence-electron chi connectivity index (χ3n) is 2.53. The molecule has 6 heteroatoms. The van der Waals surface area contributed by atoms with Crippen molar-refractivity contribution in [3.63, 3.8) is 0 Å². The van der Waals surface area contributed by atoms with Crippen molar-refractivity contribution in [1.29, 1.82) is 0 Å². The maximum absolute atomic E-state index is 10.6. The van der Waals surface area contributed by atoms with Crippen LogP contribution in [-0.4, -0.2) is 30.0 Å². The van der Waals surface area contributed by atoms with E-state index in [9.17, 15) is 10.1 Å². The summed E-state index contributed by atoms with van der Waals surface area (Å²) in [6, 6.07) is 6.07. The summed E-state index contributed by atoms with van der Waals surface area (Å²) in [7, 11) is 0. The highest BCUT2D eigenvalue weighted by atomic mass is 16.7. The lowest BCUT2D eigenvalue weighted by atomic mass is 10.3. The van der Waals surface area contributed by atoms with Gasteiger partial charge < -0.3 is 14.2 Å². The van der Waals surface area contributed by atoms with E-state index in [1.165, 1.54) is 12.1 Å². The van der Waals surface area contributed by atoms with Gasteiger partial charge in [-0.1, -0.05) is 6.07 Å². The number of hydrogen-bond donors (Lipinski definition) is 0. The Morgan fingerprint density at radius 3 is 2.94 bits per heavy atom. The molecule has 0 unspecified atom stereocenters. The van der Waals surface area contributed by atoms with Gasteiger partial charge in [0.05, 0.1) is 17.6 Å². The number of non-ortho nitro benzene ring substituents is 1. The summed E-state index contributed by atoms with van der Waals surface area (Å²) in [5, 5.41) is 10.6. The normalized spacial score (nSPS) is 21.8. The Morgan fingerprint density at radius 1 is 1.56 bits per heavy atom. The Labute approximate surface area is 105 Å². The molecular formula is C12H15NO5. The van der Waals surface area contributed by atoms with E-state index in [0.717, 1.165) is 0 Å². The molecular weight excluding hydrogens is 238 g/mol. The average molecular weight is 253 g/mol. The Kier molecular flexibility index (Phi) is 3.49. The minimum atomic E-state index is -0.587. The summed E-state index contributed by atoms with van der Waals surface area (Å²) in [5.41, 5.74) is 0.0106. The second kappa shape index (κ2) is 4.91. The van der Waals surface area contributed by atoms with Crippen molar-refractivity contribution in [2.24, 2.45) is 0 Å². The van der Waals surface area contributed by atoms with Crippen LogP contribution in [0.1, 0.15) is 13.8 Å². The van der Waals surface area contributed by atoms with E-state index in [4.69, 9.17) is 14.2 Å². The maximum atomic E-state index is 10.6. The first kappa shape index (κ1) is 12.8. The lowest BCUT2D eigenvalue weighted by molar-refractivity contribution is -0.384. The summed E-state index contributed by atoms with van der Waals surface area (Å²) in [6.45, 7) is 4.44. The highest BCUT2D eigenvalue weighted by Gasteiger charge is 2.32. The third-order valence-corrected chi connectivity index (χ3v) is 2.53. The van der Waals surface area contributed by atoms with E-state index >= 15 is 0 Å². The van der Waals surface area contributed by atoms with Crippen molar-refractivity contribution >= 4 is 5.69 Å². The molecule has 1 atom stereocenters. The number of nitrogens with zero attached hydrogens (tertiary/aromatic N) is 1. The molecule has 0 N–H and O–H groups in total. The molecule has 6 nitrogen and oxygen atoms in total. The second-order valence-corrected chi connectivity index (χ2v) is 4.52. The SMILES string of the molecule is CC1(C)OC[C@@H](COc2cccc([N+](=O)[O-])c2)O1. The van der Waals surface area contributed by atoms with Gasteiger partial charge in [-0.2, -0.15) is 0 Å². The molecule has 0 amide bonds. The number of ether oxygens (including phenoxy) is 3. The maximum Gasteiger partial charge on any atom is 0.273 e. The number of nitro benzene ring substituents is 1. The minimum absolute atomic E-state index is 0.0106. The first-order chi connectivity index (χ1) is 8.46. The Morgan fingerprint density at radius 2 is 2.33 bits per heavy atom. The van der Waals surface area contributed by atoms with Gasteiger partial charge in [0.1, 0.15) is 18.5 Å². The van der Waals surface area contributed by atoms with Crippen molar-refractivity contribution < 1.29 is 19.1 Å². The Balaban J connectivity index is 1.91. The number of nitro groups is 1. The zero-order valence-corrected chi connectivity index (χ0v) is 10.3. The summed E-state index contributed by atoms with van der Waals surface area (Å²) in [5.74, 6) is -0.131. The fourth-order valence-corrected chi connectivity index (χ4v) is 1.72. The number of benzene rings is 1. The van der Waals surface area contributed by atoms with Gasteiger partial charge in [0.2, 0.25) is 0 Å². The zero-order chi connectivity index (χ0) is 13.2. The smallest absolute Gasteiger partial charge is 0.273 e. The highest BCUT2D eigenvalue weighted by Crippen LogP contribution is 2.24. The fourth-order valence-electron chi connectivity index (χ4n) is 1.72. The summed E-state index contributed by atoms with van der Waals surface area (Å²) in [4.78, 5) is 10.2. The van der Waals surface area contributed by atoms with E-state index in [2.05, 4.69) is 0 Å². The van der Waals surface area contributed by atoms with Gasteiger partial charge in [0.15, 0.2) is 5.79 Å². The molecule has 1 fully saturated rings. The molecule has 0 spiro atoms. The van der Waals surface area contributed by atoms with Gasteiger partial charge in [-0.25, -0.2) is 0 Å². The molecule has 0 bridgehead atoms. The van der Waals surface area contributed by atoms with Gasteiger partial charge in [0, 0.05) is 6.07 Å². The van der Waals surface area contributed by atoms with Crippen LogP contribution < -0.4 is 4.74 Å². The molecule has 0 saturated carbocycles. The van der Waals surface area contributed by atoms with Crippen LogP contribution in [0.25, 0.3) is 0 Å². The van der Waals surface area contributed by atoms with Crippen molar-refractivity contribution in [3.05, 3.63) is 34.4 Å². The fraction of sp³-hybridized carbons (Fsp3) is 0.500. The van der Waals surface area contributed by atoms with Crippen molar-refractivity contribution in [2.45, 2.75) is 25.7 Å². The zero-order valence-electron chi connectivity index (χ0n) is 10.3. The predicted octanol–water partition coefficient (Wildman–Crippen LogP) is 2.13. The van der Waals surface area contributed by atoms with Gasteiger partial charge in [-0.05, 0) is 19.9 Å². The van der Waals surface area contributed by atoms with E-state index < -0.39 is 10.7 Å². The lowest BCUT2D eigenvalue weighted by Gasteiger charge is -2.17. The van der Waals surface area contributed by atoms with Gasteiger partial charge in [0.25, 0.3) is 5.69 Å². The quantitative estimate of drug-likeness (QED) is 0.607. The minimum Gasteiger partial charge on any atom is -0.491 e. The van der Waals surface area contributed by atoms with Crippen LogP contribution in [0.2, 0.25) is 0 Å². The average Bonchev–Trinajstić information content (AvgIpc) is 2.67. The van der Waals surface area contributed by atoms with Crippen LogP contribution in [-0.2, 0) is 9.47 Å². The van der Waals surface area contributed by atoms with Crippen molar-refractivity contribution in [1.82, 2.24) is 0 Å². The molecule has 0 radical (unpaired) electrons. The van der Waals surface area contributed by atoms with Gasteiger partial charge >= 0.3 is 0 Å². The van der Waals surface area contributed by atoms with Crippen molar-refractivity contribution in [2.75, 3.05) is 13.2 Å². The topological polar surface area (TPSA) is 70.8 Å². The third kappa shape index (κ3) is 3.18. The summed E-state index contributed by atoms with van der Waals surface area (Å²) < 4.78 is 16.4. The van der Waals surface area contributed by atoms with Crippen LogP contribution in [0.15, 0.2) is 24.3 Å². The van der Waals surface area contributed by atoms with Crippen LogP contribution in [0, 0.1) is 10.1 Å². The molecule has 0 aliphatic carbocycles. The Bertz CT molecular complexity index is 446. The largest absolute Gasteiger partial charge is 0.491 e. The molecule has 0 aromatic heterocycles. The standard InChI is InChI=1S/C12H15NO5/c1-12(2)17-8-11(18-12)7-16-10-5-3-4-9(6-10)13(14)15/h3-6,11H,7-8H2,1-2H3/t11-/m1/s1. The lowest BCUT2D eigenvalue weighted by Crippen LogP contribution is -2.25. The van der Waals surface area contributed by atoms with E-state index in [-0.39, 0.29) is 11.8 Å². The first-order valence-electron chi connectivity index (χ1n) is 5.65. The Hall–Kier alpha value is -1.66. The number of rotatable bonds is 4. The van der Waals surface area contributed by atoms with Crippen LogP contribution >= 0.6 is 0 Å². The van der Waals surface area contributed by atoms with Crippen LogP contribution in [0.5, 0.6) is 5.75 Å². The van der Waals surface area contributed by atoms with Crippen LogP contribution in [0.4, 0.5) is 5.69 Å². The summed E-state index contributed by atoms with van der Waals surface area (Å²) >= 11 is 0. The first-order valence-corrected chi connectivity index (χ1v) is 5.65. The summed E-state index contributed by atoms with van der Waals surface area (Å²) in [6.07, 6.45) is -0.153. The molecule has 1 aliphatic rings. The molecule has 98 valence electrons. The molecule has 1 saturated heterocycles. The van der Waals surface area contributed by atoms with Gasteiger partial charge in [-0.15, -0.1) is 0 Å². The monoisotopic (exact) mass is 253 g/mol. The molecule has 2 rings (SSSR count). The second-order valence-electron chi connectivity index (χ2n) is 4.52. The molecule has 1 heterocycles.